The van der Waals surface area contributed by atoms with E-state index < -0.39 is 24.9 Å². The molecular weight excluding hydrogens is 331 g/mol. The van der Waals surface area contributed by atoms with Crippen LogP contribution in [0.4, 0.5) is 18.0 Å². The van der Waals surface area contributed by atoms with Crippen molar-refractivity contribution in [3.8, 4) is 0 Å². The molecule has 8 nitrogen and oxygen atoms in total. The molecule has 1 aromatic rings. The number of hydrogen-bond acceptors (Lipinski definition) is 5. The normalized spacial score (nSPS) is 25.0. The maximum atomic E-state index is 12.7. The van der Waals surface area contributed by atoms with Crippen LogP contribution < -0.4 is 5.32 Å². The van der Waals surface area contributed by atoms with Gasteiger partial charge in [-0.2, -0.15) is 18.3 Å². The lowest BCUT2D eigenvalue weighted by molar-refractivity contribution is -0.233. The summed E-state index contributed by atoms with van der Waals surface area (Å²) in [4.78, 5) is 17.3. The van der Waals surface area contributed by atoms with Crippen molar-refractivity contribution in [2.75, 3.05) is 26.3 Å². The molecule has 2 unspecified atom stereocenters. The summed E-state index contributed by atoms with van der Waals surface area (Å²) in [5.74, 6) is 0.953. The molecule has 0 aromatic carbocycles. The Balaban J connectivity index is 1.50. The molecular formula is C13H18F3N5O3. The Morgan fingerprint density at radius 3 is 2.92 bits per heavy atom. The number of rotatable bonds is 3. The van der Waals surface area contributed by atoms with Crippen molar-refractivity contribution in [2.24, 2.45) is 0 Å². The van der Waals surface area contributed by atoms with Gasteiger partial charge in [-0.1, -0.05) is 0 Å². The van der Waals surface area contributed by atoms with Crippen LogP contribution >= 0.6 is 0 Å². The van der Waals surface area contributed by atoms with E-state index in [0.29, 0.717) is 18.3 Å². The maximum absolute atomic E-state index is 12.7. The molecule has 0 saturated carbocycles. The smallest absolute Gasteiger partial charge is 0.370 e. The predicted octanol–water partition coefficient (Wildman–Crippen LogP) is 1.13. The summed E-state index contributed by atoms with van der Waals surface area (Å²) in [6, 6.07) is -0.595. The van der Waals surface area contributed by atoms with E-state index in [-0.39, 0.29) is 25.8 Å². The van der Waals surface area contributed by atoms with Crippen LogP contribution in [0, 0.1) is 0 Å². The molecule has 0 bridgehead atoms. The molecule has 2 atom stereocenters. The summed E-state index contributed by atoms with van der Waals surface area (Å²) in [6.07, 6.45) is -4.79. The second-order valence-electron chi connectivity index (χ2n) is 5.65. The lowest BCUT2D eigenvalue weighted by Gasteiger charge is -2.33. The van der Waals surface area contributed by atoms with Gasteiger partial charge in [-0.15, -0.1) is 0 Å². The fourth-order valence-corrected chi connectivity index (χ4v) is 2.62. The van der Waals surface area contributed by atoms with Crippen LogP contribution in [-0.4, -0.2) is 64.7 Å². The molecule has 2 saturated heterocycles. The van der Waals surface area contributed by atoms with Crippen molar-refractivity contribution in [3.63, 3.8) is 0 Å². The highest BCUT2D eigenvalue weighted by Crippen LogP contribution is 2.26. The van der Waals surface area contributed by atoms with Crippen molar-refractivity contribution < 1.29 is 27.4 Å². The monoisotopic (exact) mass is 349 g/mol. The number of morpholine rings is 1. The van der Waals surface area contributed by atoms with E-state index in [0.717, 1.165) is 17.7 Å². The van der Waals surface area contributed by atoms with E-state index in [2.05, 4.69) is 25.2 Å². The zero-order chi connectivity index (χ0) is 17.2. The number of urea groups is 1. The Hall–Kier alpha value is -1.88. The number of amides is 2. The van der Waals surface area contributed by atoms with Crippen LogP contribution in [0.5, 0.6) is 0 Å². The molecule has 0 radical (unpaired) electrons. The van der Waals surface area contributed by atoms with Gasteiger partial charge in [0.15, 0.2) is 11.9 Å². The summed E-state index contributed by atoms with van der Waals surface area (Å²) in [7, 11) is 0. The third kappa shape index (κ3) is 3.96. The van der Waals surface area contributed by atoms with Crippen molar-refractivity contribution in [1.29, 1.82) is 0 Å². The van der Waals surface area contributed by atoms with E-state index in [4.69, 9.17) is 4.74 Å². The minimum absolute atomic E-state index is 0.0482. The molecule has 0 spiro atoms. The molecule has 2 aliphatic heterocycles. The Kier molecular flexibility index (Phi) is 4.90. The lowest BCUT2D eigenvalue weighted by atomic mass is 10.2. The number of carbonyl (C=O) groups excluding carboxylic acids is 1. The number of H-pyrrole nitrogens is 1. The fourth-order valence-electron chi connectivity index (χ4n) is 2.62. The molecule has 2 fully saturated rings. The molecule has 0 aliphatic carbocycles. The molecule has 134 valence electrons. The number of carbonyl (C=O) groups is 1. The van der Waals surface area contributed by atoms with Gasteiger partial charge in [0.05, 0.1) is 19.7 Å². The summed E-state index contributed by atoms with van der Waals surface area (Å²) < 4.78 is 48.1. The van der Waals surface area contributed by atoms with Gasteiger partial charge < -0.3 is 19.7 Å². The van der Waals surface area contributed by atoms with Gasteiger partial charge in [0.25, 0.3) is 0 Å². The first kappa shape index (κ1) is 17.0. The predicted molar refractivity (Wildman–Crippen MR) is 73.9 cm³/mol. The first-order valence-electron chi connectivity index (χ1n) is 7.67. The molecule has 2 amide bonds. The number of aromatic nitrogens is 3. The number of halogens is 3. The van der Waals surface area contributed by atoms with Crippen LogP contribution in [0.1, 0.15) is 30.6 Å². The number of alkyl halides is 3. The van der Waals surface area contributed by atoms with E-state index >= 15 is 0 Å². The van der Waals surface area contributed by atoms with Crippen LogP contribution in [0.3, 0.4) is 0 Å². The summed E-state index contributed by atoms with van der Waals surface area (Å²) in [5.41, 5.74) is 0. The van der Waals surface area contributed by atoms with Crippen molar-refractivity contribution in [3.05, 3.63) is 11.6 Å². The van der Waals surface area contributed by atoms with Gasteiger partial charge >= 0.3 is 12.2 Å². The Labute approximate surface area is 135 Å². The SMILES string of the molecule is O=C(NCc1nc(C2CCCO2)n[nH]1)N1CCOC(C(F)(F)F)C1. The minimum Gasteiger partial charge on any atom is -0.370 e. The average molecular weight is 349 g/mol. The van der Waals surface area contributed by atoms with Gasteiger partial charge in [0.2, 0.25) is 0 Å². The highest BCUT2D eigenvalue weighted by molar-refractivity contribution is 5.74. The van der Waals surface area contributed by atoms with Crippen molar-refractivity contribution in [1.82, 2.24) is 25.4 Å². The summed E-state index contributed by atoms with van der Waals surface area (Å²) in [6.45, 7) is 0.154. The van der Waals surface area contributed by atoms with Crippen LogP contribution in [0.25, 0.3) is 0 Å². The minimum atomic E-state index is -4.49. The van der Waals surface area contributed by atoms with E-state index in [1.807, 2.05) is 0 Å². The molecule has 3 heterocycles. The highest BCUT2D eigenvalue weighted by atomic mass is 19.4. The number of nitrogens with zero attached hydrogens (tertiary/aromatic N) is 3. The maximum Gasteiger partial charge on any atom is 0.416 e. The third-order valence-electron chi connectivity index (χ3n) is 3.89. The standard InChI is InChI=1S/C13H18F3N5O3/c14-13(15,16)9-7-21(3-5-24-9)12(22)17-6-10-18-11(20-19-10)8-2-1-4-23-8/h8-9H,1-7H2,(H,17,22)(H,18,19,20). The fraction of sp³-hybridized carbons (Fsp3) is 0.769. The van der Waals surface area contributed by atoms with Gasteiger partial charge in [0, 0.05) is 13.2 Å². The lowest BCUT2D eigenvalue weighted by Crippen LogP contribution is -2.53. The third-order valence-corrected chi connectivity index (χ3v) is 3.89. The largest absolute Gasteiger partial charge is 0.416 e. The van der Waals surface area contributed by atoms with Gasteiger partial charge in [-0.3, -0.25) is 5.10 Å². The van der Waals surface area contributed by atoms with Gasteiger partial charge in [-0.05, 0) is 12.8 Å². The number of nitrogens with one attached hydrogen (secondary N) is 2. The molecule has 2 N–H and O–H groups in total. The zero-order valence-corrected chi connectivity index (χ0v) is 12.8. The Morgan fingerprint density at radius 1 is 1.38 bits per heavy atom. The quantitative estimate of drug-likeness (QED) is 0.853. The van der Waals surface area contributed by atoms with E-state index in [1.165, 1.54) is 0 Å². The first-order valence-corrected chi connectivity index (χ1v) is 7.67. The van der Waals surface area contributed by atoms with E-state index in [9.17, 15) is 18.0 Å². The molecule has 3 rings (SSSR count). The Morgan fingerprint density at radius 2 is 2.21 bits per heavy atom. The van der Waals surface area contributed by atoms with Crippen LogP contribution in [0.15, 0.2) is 0 Å². The topological polar surface area (TPSA) is 92.4 Å². The summed E-state index contributed by atoms with van der Waals surface area (Å²) >= 11 is 0. The number of hydrogen-bond donors (Lipinski definition) is 2. The van der Waals surface area contributed by atoms with Gasteiger partial charge in [0.1, 0.15) is 11.9 Å². The zero-order valence-electron chi connectivity index (χ0n) is 12.8. The van der Waals surface area contributed by atoms with Crippen LogP contribution in [0.2, 0.25) is 0 Å². The van der Waals surface area contributed by atoms with Crippen molar-refractivity contribution in [2.45, 2.75) is 37.8 Å². The molecule has 2 aliphatic rings. The average Bonchev–Trinajstić information content (AvgIpc) is 3.23. The van der Waals surface area contributed by atoms with Gasteiger partial charge in [-0.25, -0.2) is 9.78 Å². The second kappa shape index (κ2) is 6.93. The molecule has 11 heteroatoms. The van der Waals surface area contributed by atoms with Crippen LogP contribution in [-0.2, 0) is 16.0 Å². The summed E-state index contributed by atoms with van der Waals surface area (Å²) in [5, 5.41) is 9.27. The van der Waals surface area contributed by atoms with E-state index in [1.54, 1.807) is 0 Å². The highest BCUT2D eigenvalue weighted by Gasteiger charge is 2.44. The molecule has 24 heavy (non-hydrogen) atoms. The number of ether oxygens (including phenoxy) is 2. The second-order valence-corrected chi connectivity index (χ2v) is 5.65. The first-order chi connectivity index (χ1) is 11.4. The Bertz CT molecular complexity index is 573. The molecule has 1 aromatic heterocycles. The number of aromatic amines is 1. The van der Waals surface area contributed by atoms with Crippen molar-refractivity contribution >= 4 is 6.03 Å².